The van der Waals surface area contributed by atoms with Gasteiger partial charge >= 0.3 is 11.9 Å². The quantitative estimate of drug-likeness (QED) is 0.659. The summed E-state index contributed by atoms with van der Waals surface area (Å²) in [5.74, 6) is -0.879. The van der Waals surface area contributed by atoms with E-state index in [4.69, 9.17) is 9.47 Å². The van der Waals surface area contributed by atoms with Crippen molar-refractivity contribution in [1.29, 1.82) is 0 Å². The summed E-state index contributed by atoms with van der Waals surface area (Å²) in [7, 11) is 0. The number of ether oxygens (including phenoxy) is 2. The van der Waals surface area contributed by atoms with Crippen LogP contribution in [0.25, 0.3) is 0 Å². The lowest BCUT2D eigenvalue weighted by Gasteiger charge is -2.20. The van der Waals surface area contributed by atoms with Gasteiger partial charge in [-0.15, -0.1) is 0 Å². The molecule has 0 fully saturated rings. The zero-order chi connectivity index (χ0) is 12.1. The Hall–Kier alpha value is -1.06. The summed E-state index contributed by atoms with van der Waals surface area (Å²) in [5.41, 5.74) is -0.544. The average molecular weight is 216 g/mol. The summed E-state index contributed by atoms with van der Waals surface area (Å²) in [4.78, 5) is 22.5. The van der Waals surface area contributed by atoms with Crippen molar-refractivity contribution in [1.82, 2.24) is 0 Å². The van der Waals surface area contributed by atoms with Crippen LogP contribution in [0.3, 0.4) is 0 Å². The molecule has 0 saturated carbocycles. The molecule has 4 heteroatoms. The number of esters is 2. The summed E-state index contributed by atoms with van der Waals surface area (Å²) in [5, 5.41) is 0. The van der Waals surface area contributed by atoms with Crippen molar-refractivity contribution in [3.05, 3.63) is 0 Å². The molecule has 0 heterocycles. The van der Waals surface area contributed by atoms with E-state index in [-0.39, 0.29) is 18.7 Å². The van der Waals surface area contributed by atoms with E-state index < -0.39 is 11.4 Å². The Balaban J connectivity index is 3.96. The summed E-state index contributed by atoms with van der Waals surface area (Å²) < 4.78 is 9.68. The van der Waals surface area contributed by atoms with Crippen molar-refractivity contribution < 1.29 is 19.1 Å². The van der Waals surface area contributed by atoms with Gasteiger partial charge in [-0.25, -0.2) is 4.79 Å². The molecule has 0 aromatic rings. The number of carbonyl (C=O) groups excluding carboxylic acids is 2. The molecule has 0 rings (SSSR count). The van der Waals surface area contributed by atoms with Crippen molar-refractivity contribution in [3.63, 3.8) is 0 Å². The topological polar surface area (TPSA) is 52.6 Å². The molecule has 0 saturated heterocycles. The van der Waals surface area contributed by atoms with Crippen LogP contribution in [0.4, 0.5) is 0 Å². The fourth-order valence-electron chi connectivity index (χ4n) is 0.761. The fraction of sp³-hybridized carbons (Fsp3) is 0.818. The van der Waals surface area contributed by atoms with Gasteiger partial charge in [0.2, 0.25) is 0 Å². The Morgan fingerprint density at radius 2 is 1.80 bits per heavy atom. The smallest absolute Gasteiger partial charge is 0.344 e. The monoisotopic (exact) mass is 216 g/mol. The second-order valence-corrected chi connectivity index (χ2v) is 4.35. The maximum Gasteiger partial charge on any atom is 0.344 e. The molecule has 88 valence electrons. The van der Waals surface area contributed by atoms with Crippen molar-refractivity contribution >= 4 is 11.9 Å². The van der Waals surface area contributed by atoms with E-state index in [1.807, 2.05) is 6.92 Å². The highest BCUT2D eigenvalue weighted by molar-refractivity contribution is 5.79. The van der Waals surface area contributed by atoms with E-state index in [0.29, 0.717) is 6.42 Å². The van der Waals surface area contributed by atoms with E-state index in [1.54, 1.807) is 27.7 Å². The van der Waals surface area contributed by atoms with Crippen molar-refractivity contribution in [3.8, 4) is 0 Å². The number of hydrogen-bond donors (Lipinski definition) is 0. The zero-order valence-corrected chi connectivity index (χ0v) is 10.1. The van der Waals surface area contributed by atoms with Gasteiger partial charge in [0.05, 0.1) is 11.5 Å². The predicted molar refractivity (Wildman–Crippen MR) is 56.3 cm³/mol. The molecule has 0 aliphatic heterocycles. The van der Waals surface area contributed by atoms with Crippen LogP contribution in [0, 0.1) is 5.41 Å². The lowest BCUT2D eigenvalue weighted by molar-refractivity contribution is -0.166. The maximum atomic E-state index is 11.5. The van der Waals surface area contributed by atoms with E-state index in [2.05, 4.69) is 0 Å². The van der Waals surface area contributed by atoms with Gasteiger partial charge in [0.15, 0.2) is 6.61 Å². The van der Waals surface area contributed by atoms with E-state index >= 15 is 0 Å². The van der Waals surface area contributed by atoms with E-state index in [0.717, 1.165) is 0 Å². The average Bonchev–Trinajstić information content (AvgIpc) is 2.13. The second-order valence-electron chi connectivity index (χ2n) is 4.35. The van der Waals surface area contributed by atoms with Gasteiger partial charge in [0.1, 0.15) is 0 Å². The predicted octanol–water partition coefficient (Wildman–Crippen LogP) is 1.92. The summed E-state index contributed by atoms with van der Waals surface area (Å²) >= 11 is 0. The largest absolute Gasteiger partial charge is 0.460 e. The lowest BCUT2D eigenvalue weighted by Crippen LogP contribution is -2.29. The molecule has 0 aromatic carbocycles. The second kappa shape index (κ2) is 5.73. The first-order chi connectivity index (χ1) is 6.79. The zero-order valence-electron chi connectivity index (χ0n) is 10.1. The van der Waals surface area contributed by atoms with Crippen molar-refractivity contribution in [2.45, 2.75) is 47.1 Å². The molecule has 0 amide bonds. The highest BCUT2D eigenvalue weighted by atomic mass is 16.6. The van der Waals surface area contributed by atoms with Crippen LogP contribution in [-0.4, -0.2) is 24.6 Å². The van der Waals surface area contributed by atoms with Crippen LogP contribution in [0.15, 0.2) is 0 Å². The molecule has 15 heavy (non-hydrogen) atoms. The number of carbonyl (C=O) groups is 2. The summed E-state index contributed by atoms with van der Waals surface area (Å²) in [6.07, 6.45) is 0.487. The minimum atomic E-state index is -0.544. The third-order valence-corrected chi connectivity index (χ3v) is 2.12. The first-order valence-electron chi connectivity index (χ1n) is 5.16. The SMILES string of the molecule is CCC(C)(C)C(=O)OCC(=O)OC(C)C. The molecule has 0 spiro atoms. The third-order valence-electron chi connectivity index (χ3n) is 2.12. The summed E-state index contributed by atoms with van der Waals surface area (Å²) in [6, 6.07) is 0. The molecule has 0 aliphatic rings. The third kappa shape index (κ3) is 5.40. The van der Waals surface area contributed by atoms with E-state index in [9.17, 15) is 9.59 Å². The lowest BCUT2D eigenvalue weighted by atomic mass is 9.91. The Kier molecular flexibility index (Phi) is 5.33. The van der Waals surface area contributed by atoms with E-state index in [1.165, 1.54) is 0 Å². The number of hydrogen-bond acceptors (Lipinski definition) is 4. The molecule has 0 radical (unpaired) electrons. The minimum Gasteiger partial charge on any atom is -0.460 e. The standard InChI is InChI=1S/C11H20O4/c1-6-11(4,5)10(13)14-7-9(12)15-8(2)3/h8H,6-7H2,1-5H3. The van der Waals surface area contributed by atoms with Gasteiger partial charge in [-0.1, -0.05) is 6.92 Å². The van der Waals surface area contributed by atoms with Crippen LogP contribution in [0.1, 0.15) is 41.0 Å². The molecule has 4 nitrogen and oxygen atoms in total. The molecular weight excluding hydrogens is 196 g/mol. The molecule has 0 N–H and O–H groups in total. The Bertz CT molecular complexity index is 231. The fourth-order valence-corrected chi connectivity index (χ4v) is 0.761. The molecule has 0 bridgehead atoms. The Morgan fingerprint density at radius 1 is 1.27 bits per heavy atom. The highest BCUT2D eigenvalue weighted by Gasteiger charge is 2.27. The van der Waals surface area contributed by atoms with Crippen LogP contribution in [-0.2, 0) is 19.1 Å². The first-order valence-corrected chi connectivity index (χ1v) is 5.16. The number of rotatable bonds is 5. The van der Waals surface area contributed by atoms with Crippen molar-refractivity contribution in [2.75, 3.05) is 6.61 Å². The Morgan fingerprint density at radius 3 is 2.20 bits per heavy atom. The van der Waals surface area contributed by atoms with Crippen LogP contribution >= 0.6 is 0 Å². The van der Waals surface area contributed by atoms with Gasteiger partial charge < -0.3 is 9.47 Å². The molecule has 0 aromatic heterocycles. The van der Waals surface area contributed by atoms with Gasteiger partial charge in [-0.05, 0) is 34.1 Å². The van der Waals surface area contributed by atoms with Crippen LogP contribution in [0.5, 0.6) is 0 Å². The maximum absolute atomic E-state index is 11.5. The minimum absolute atomic E-state index is 0.185. The molecule has 0 aliphatic carbocycles. The highest BCUT2D eigenvalue weighted by Crippen LogP contribution is 2.21. The van der Waals surface area contributed by atoms with Gasteiger partial charge in [0.25, 0.3) is 0 Å². The van der Waals surface area contributed by atoms with Crippen molar-refractivity contribution in [2.24, 2.45) is 5.41 Å². The van der Waals surface area contributed by atoms with Gasteiger partial charge in [0, 0.05) is 0 Å². The van der Waals surface area contributed by atoms with Gasteiger partial charge in [-0.2, -0.15) is 0 Å². The van der Waals surface area contributed by atoms with Crippen LogP contribution < -0.4 is 0 Å². The molecular formula is C11H20O4. The molecule has 0 atom stereocenters. The Labute approximate surface area is 90.9 Å². The summed E-state index contributed by atoms with van der Waals surface area (Å²) in [6.45, 7) is 8.64. The normalized spacial score (nSPS) is 11.3. The molecule has 0 unspecified atom stereocenters. The first kappa shape index (κ1) is 13.9. The van der Waals surface area contributed by atoms with Crippen LogP contribution in [0.2, 0.25) is 0 Å². The van der Waals surface area contributed by atoms with Gasteiger partial charge in [-0.3, -0.25) is 4.79 Å².